The first-order chi connectivity index (χ1) is 12.2. The maximum atomic E-state index is 13.8. The first-order valence-electron chi connectivity index (χ1n) is 7.97. The number of ether oxygens (including phenoxy) is 1. The lowest BCUT2D eigenvalue weighted by atomic mass is 10.0. The fraction of sp³-hybridized carbons (Fsp3) is 0.278. The molecule has 0 bridgehead atoms. The van der Waals surface area contributed by atoms with E-state index in [4.69, 9.17) is 4.74 Å². The van der Waals surface area contributed by atoms with E-state index >= 15 is 0 Å². The van der Waals surface area contributed by atoms with Crippen LogP contribution in [-0.2, 0) is 21.4 Å². The van der Waals surface area contributed by atoms with Crippen molar-refractivity contribution in [1.29, 1.82) is 0 Å². The molecule has 8 heteroatoms. The fourth-order valence-corrected chi connectivity index (χ4v) is 4.08. The van der Waals surface area contributed by atoms with Gasteiger partial charge in [-0.2, -0.15) is 4.31 Å². The van der Waals surface area contributed by atoms with Crippen molar-refractivity contribution in [1.82, 2.24) is 4.31 Å². The molecule has 1 atom stereocenters. The smallest absolute Gasteiger partial charge is 0.243 e. The van der Waals surface area contributed by atoms with Crippen LogP contribution in [0.3, 0.4) is 0 Å². The van der Waals surface area contributed by atoms with E-state index in [0.29, 0.717) is 16.8 Å². The van der Waals surface area contributed by atoms with E-state index in [9.17, 15) is 17.6 Å². The number of nitrogens with one attached hydrogen (secondary N) is 1. The SMILES string of the molecule is COc1ccc(CN(C)S(=O)(=O)c2ccc3c(c2)[C@@H](C)C(=O)N3)cc1F. The molecule has 2 aromatic carbocycles. The van der Waals surface area contributed by atoms with E-state index in [1.54, 1.807) is 19.1 Å². The molecule has 1 aliphatic heterocycles. The van der Waals surface area contributed by atoms with Crippen LogP contribution in [0.4, 0.5) is 10.1 Å². The van der Waals surface area contributed by atoms with Crippen LogP contribution in [0.5, 0.6) is 5.75 Å². The number of halogens is 1. The minimum Gasteiger partial charge on any atom is -0.494 e. The van der Waals surface area contributed by atoms with Crippen molar-refractivity contribution < 1.29 is 22.3 Å². The van der Waals surface area contributed by atoms with Gasteiger partial charge in [0.15, 0.2) is 11.6 Å². The molecule has 1 aliphatic rings. The Labute approximate surface area is 151 Å². The molecule has 138 valence electrons. The molecule has 1 N–H and O–H groups in total. The summed E-state index contributed by atoms with van der Waals surface area (Å²) in [7, 11) is -0.995. The van der Waals surface area contributed by atoms with Crippen molar-refractivity contribution in [2.24, 2.45) is 0 Å². The molecular weight excluding hydrogens is 359 g/mol. The van der Waals surface area contributed by atoms with Crippen LogP contribution in [0, 0.1) is 5.82 Å². The molecule has 1 amide bonds. The summed E-state index contributed by atoms with van der Waals surface area (Å²) >= 11 is 0. The van der Waals surface area contributed by atoms with E-state index < -0.39 is 21.8 Å². The second kappa shape index (κ2) is 6.69. The van der Waals surface area contributed by atoms with Gasteiger partial charge in [0.25, 0.3) is 0 Å². The lowest BCUT2D eigenvalue weighted by Crippen LogP contribution is -2.26. The molecule has 0 aliphatic carbocycles. The number of hydrogen-bond acceptors (Lipinski definition) is 4. The van der Waals surface area contributed by atoms with Gasteiger partial charge in [-0.3, -0.25) is 4.79 Å². The number of anilines is 1. The Morgan fingerprint density at radius 1 is 1.23 bits per heavy atom. The van der Waals surface area contributed by atoms with Gasteiger partial charge < -0.3 is 10.1 Å². The maximum absolute atomic E-state index is 13.8. The molecule has 0 radical (unpaired) electrons. The highest BCUT2D eigenvalue weighted by molar-refractivity contribution is 7.89. The number of nitrogens with zero attached hydrogens (tertiary/aromatic N) is 1. The van der Waals surface area contributed by atoms with Crippen LogP contribution in [0.1, 0.15) is 24.0 Å². The molecule has 3 rings (SSSR count). The topological polar surface area (TPSA) is 75.7 Å². The van der Waals surface area contributed by atoms with Gasteiger partial charge in [0, 0.05) is 19.3 Å². The normalized spacial score (nSPS) is 16.5. The Kier molecular flexibility index (Phi) is 4.72. The standard InChI is InChI=1S/C18H19FN2O4S/c1-11-14-9-13(5-6-16(14)20-18(11)22)26(23,24)21(2)10-12-4-7-17(25-3)15(19)8-12/h4-9,11H,10H2,1-3H3,(H,20,22)/t11-/m1/s1. The molecule has 26 heavy (non-hydrogen) atoms. The number of methoxy groups -OCH3 is 1. The lowest BCUT2D eigenvalue weighted by molar-refractivity contribution is -0.116. The largest absolute Gasteiger partial charge is 0.494 e. The zero-order valence-corrected chi connectivity index (χ0v) is 15.4. The first kappa shape index (κ1) is 18.3. The Morgan fingerprint density at radius 3 is 2.62 bits per heavy atom. The third-order valence-electron chi connectivity index (χ3n) is 4.47. The van der Waals surface area contributed by atoms with E-state index in [-0.39, 0.29) is 23.1 Å². The third-order valence-corrected chi connectivity index (χ3v) is 6.27. The zero-order valence-electron chi connectivity index (χ0n) is 14.6. The highest BCUT2D eigenvalue weighted by Gasteiger charge is 2.29. The van der Waals surface area contributed by atoms with Crippen molar-refractivity contribution in [3.05, 3.63) is 53.3 Å². The van der Waals surface area contributed by atoms with Gasteiger partial charge in [-0.05, 0) is 48.4 Å². The summed E-state index contributed by atoms with van der Waals surface area (Å²) in [4.78, 5) is 11.8. The van der Waals surface area contributed by atoms with E-state index in [0.717, 1.165) is 4.31 Å². The zero-order chi connectivity index (χ0) is 19.1. The molecule has 0 fully saturated rings. The quantitative estimate of drug-likeness (QED) is 0.868. The number of amides is 1. The Balaban J connectivity index is 1.86. The van der Waals surface area contributed by atoms with Crippen LogP contribution in [0.25, 0.3) is 0 Å². The third kappa shape index (κ3) is 3.17. The molecule has 0 saturated heterocycles. The Hall–Kier alpha value is -2.45. The minimum atomic E-state index is -3.79. The molecule has 2 aromatic rings. The number of carbonyl (C=O) groups excluding carboxylic acids is 1. The molecule has 0 aromatic heterocycles. The van der Waals surface area contributed by atoms with Crippen LogP contribution >= 0.6 is 0 Å². The summed E-state index contributed by atoms with van der Waals surface area (Å²) in [6.45, 7) is 1.73. The molecular formula is C18H19FN2O4S. The maximum Gasteiger partial charge on any atom is 0.243 e. The van der Waals surface area contributed by atoms with Crippen molar-refractivity contribution >= 4 is 21.6 Å². The fourth-order valence-electron chi connectivity index (χ4n) is 2.89. The first-order valence-corrected chi connectivity index (χ1v) is 9.41. The summed E-state index contributed by atoms with van der Waals surface area (Å²) in [6, 6.07) is 8.87. The highest BCUT2D eigenvalue weighted by atomic mass is 32.2. The number of rotatable bonds is 5. The lowest BCUT2D eigenvalue weighted by Gasteiger charge is -2.18. The van der Waals surface area contributed by atoms with Crippen molar-refractivity contribution in [3.63, 3.8) is 0 Å². The summed E-state index contributed by atoms with van der Waals surface area (Å²) < 4.78 is 45.5. The number of carbonyl (C=O) groups is 1. The van der Waals surface area contributed by atoms with Gasteiger partial charge in [-0.1, -0.05) is 6.07 Å². The van der Waals surface area contributed by atoms with Crippen LogP contribution in [0.15, 0.2) is 41.3 Å². The Bertz CT molecular complexity index is 975. The number of hydrogen-bond donors (Lipinski definition) is 1. The van der Waals surface area contributed by atoms with Gasteiger partial charge in [0.05, 0.1) is 17.9 Å². The van der Waals surface area contributed by atoms with Crippen LogP contribution in [0.2, 0.25) is 0 Å². The summed E-state index contributed by atoms with van der Waals surface area (Å²) in [5, 5.41) is 2.71. The molecule has 1 heterocycles. The number of benzene rings is 2. The summed E-state index contributed by atoms with van der Waals surface area (Å²) in [5.41, 5.74) is 1.78. The highest BCUT2D eigenvalue weighted by Crippen LogP contribution is 2.34. The second-order valence-corrected chi connectivity index (χ2v) is 8.23. The van der Waals surface area contributed by atoms with Gasteiger partial charge in [0.1, 0.15) is 0 Å². The van der Waals surface area contributed by atoms with Gasteiger partial charge in [0.2, 0.25) is 15.9 Å². The molecule has 0 saturated carbocycles. The average Bonchev–Trinajstić information content (AvgIpc) is 2.89. The van der Waals surface area contributed by atoms with E-state index in [1.807, 2.05) is 0 Å². The van der Waals surface area contributed by atoms with E-state index in [1.165, 1.54) is 38.4 Å². The average molecular weight is 378 g/mol. The summed E-state index contributed by atoms with van der Waals surface area (Å²) in [5.74, 6) is -1.01. The minimum absolute atomic E-state index is 0.00701. The van der Waals surface area contributed by atoms with Crippen molar-refractivity contribution in [2.75, 3.05) is 19.5 Å². The molecule has 6 nitrogen and oxygen atoms in total. The van der Waals surface area contributed by atoms with E-state index in [2.05, 4.69) is 5.32 Å². The second-order valence-electron chi connectivity index (χ2n) is 6.19. The van der Waals surface area contributed by atoms with Gasteiger partial charge >= 0.3 is 0 Å². The van der Waals surface area contributed by atoms with Crippen LogP contribution in [-0.4, -0.2) is 32.8 Å². The Morgan fingerprint density at radius 2 is 1.96 bits per heavy atom. The predicted octanol–water partition coefficient (Wildman–Crippen LogP) is 2.71. The van der Waals surface area contributed by atoms with Crippen LogP contribution < -0.4 is 10.1 Å². The van der Waals surface area contributed by atoms with Gasteiger partial charge in [-0.25, -0.2) is 12.8 Å². The van der Waals surface area contributed by atoms with Crippen molar-refractivity contribution in [2.45, 2.75) is 24.3 Å². The van der Waals surface area contributed by atoms with Gasteiger partial charge in [-0.15, -0.1) is 0 Å². The van der Waals surface area contributed by atoms with Crippen molar-refractivity contribution in [3.8, 4) is 5.75 Å². The monoisotopic (exact) mass is 378 g/mol. The molecule has 0 spiro atoms. The number of fused-ring (bicyclic) bond motifs is 1. The predicted molar refractivity (Wildman–Crippen MR) is 95.1 cm³/mol. The molecule has 0 unspecified atom stereocenters. The summed E-state index contributed by atoms with van der Waals surface area (Å²) in [6.07, 6.45) is 0. The number of sulfonamides is 1.